The van der Waals surface area contributed by atoms with Gasteiger partial charge < -0.3 is 10.1 Å². The summed E-state index contributed by atoms with van der Waals surface area (Å²) in [4.78, 5) is 18.0. The van der Waals surface area contributed by atoms with E-state index in [0.29, 0.717) is 35.0 Å². The van der Waals surface area contributed by atoms with Crippen LogP contribution in [0, 0.1) is 24.4 Å². The lowest BCUT2D eigenvalue weighted by Crippen LogP contribution is -2.33. The van der Waals surface area contributed by atoms with Crippen LogP contribution in [0.15, 0.2) is 70.7 Å². The molecule has 1 aliphatic heterocycles. The third-order valence-corrected chi connectivity index (χ3v) is 8.11. The molecule has 0 fully saturated rings. The van der Waals surface area contributed by atoms with Crippen molar-refractivity contribution in [2.45, 2.75) is 31.0 Å². The van der Waals surface area contributed by atoms with Crippen molar-refractivity contribution in [3.63, 3.8) is 0 Å². The standard InChI is InChI=1S/C29H26F3N3O2S/c1-17-21(13-22-23(30)6-4-7-24(22)31)29-35(19(16-38-29)15-34-14-18-9-11-33-12-10-18)28(36)26(17)20-5-3-8-25(37-2)27(20)32/h3-12,19,34H,13-16H2,1-2H3. The van der Waals surface area contributed by atoms with Crippen LogP contribution in [0.3, 0.4) is 0 Å². The monoisotopic (exact) mass is 537 g/mol. The second kappa shape index (κ2) is 11.0. The van der Waals surface area contributed by atoms with Crippen LogP contribution in [0.1, 0.15) is 28.3 Å². The average Bonchev–Trinajstić information content (AvgIpc) is 3.33. The van der Waals surface area contributed by atoms with E-state index in [-0.39, 0.29) is 40.5 Å². The summed E-state index contributed by atoms with van der Waals surface area (Å²) in [5, 5.41) is 4.04. The molecular formula is C29H26F3N3O2S. The summed E-state index contributed by atoms with van der Waals surface area (Å²) in [6, 6.07) is 12.0. The molecule has 0 saturated heterocycles. The minimum absolute atomic E-state index is 0.0124. The molecule has 2 aromatic heterocycles. The van der Waals surface area contributed by atoms with Gasteiger partial charge >= 0.3 is 0 Å². The highest BCUT2D eigenvalue weighted by Crippen LogP contribution is 2.40. The number of hydrogen-bond acceptors (Lipinski definition) is 5. The summed E-state index contributed by atoms with van der Waals surface area (Å²) in [5.74, 6) is -1.38. The van der Waals surface area contributed by atoms with Crippen LogP contribution in [-0.4, -0.2) is 29.0 Å². The molecule has 1 aliphatic rings. The molecule has 0 spiro atoms. The predicted octanol–water partition coefficient (Wildman–Crippen LogP) is 5.67. The summed E-state index contributed by atoms with van der Waals surface area (Å²) < 4.78 is 51.6. The highest BCUT2D eigenvalue weighted by Gasteiger charge is 2.32. The van der Waals surface area contributed by atoms with Crippen molar-refractivity contribution < 1.29 is 17.9 Å². The van der Waals surface area contributed by atoms with Gasteiger partial charge in [0.25, 0.3) is 5.56 Å². The van der Waals surface area contributed by atoms with E-state index < -0.39 is 17.5 Å². The van der Waals surface area contributed by atoms with Gasteiger partial charge in [-0.25, -0.2) is 13.2 Å². The van der Waals surface area contributed by atoms with Crippen LogP contribution in [0.4, 0.5) is 13.2 Å². The fraction of sp³-hybridized carbons (Fsp3) is 0.241. The van der Waals surface area contributed by atoms with Gasteiger partial charge in [0.1, 0.15) is 11.6 Å². The topological polar surface area (TPSA) is 56.1 Å². The number of nitrogens with one attached hydrogen (secondary N) is 1. The first-order valence-electron chi connectivity index (χ1n) is 12.2. The molecule has 4 aromatic rings. The number of nitrogens with zero attached hydrogens (tertiary/aromatic N) is 2. The molecule has 9 heteroatoms. The minimum Gasteiger partial charge on any atom is -0.494 e. The zero-order chi connectivity index (χ0) is 26.8. The first-order valence-corrected chi connectivity index (χ1v) is 13.1. The second-order valence-corrected chi connectivity index (χ2v) is 10.1. The maximum absolute atomic E-state index is 15.4. The number of ether oxygens (including phenoxy) is 1. The van der Waals surface area contributed by atoms with Gasteiger partial charge in [0.2, 0.25) is 0 Å². The van der Waals surface area contributed by atoms with E-state index >= 15 is 4.39 Å². The fourth-order valence-corrected chi connectivity index (χ4v) is 6.25. The second-order valence-electron chi connectivity index (χ2n) is 9.11. The van der Waals surface area contributed by atoms with Crippen molar-refractivity contribution in [1.82, 2.24) is 14.9 Å². The van der Waals surface area contributed by atoms with Gasteiger partial charge in [0, 0.05) is 48.8 Å². The molecule has 0 amide bonds. The molecule has 0 bridgehead atoms. The highest BCUT2D eigenvalue weighted by atomic mass is 32.2. The number of hydrogen-bond donors (Lipinski definition) is 1. The van der Waals surface area contributed by atoms with Gasteiger partial charge in [0.15, 0.2) is 11.6 Å². The molecule has 196 valence electrons. The first-order chi connectivity index (χ1) is 18.4. The highest BCUT2D eigenvalue weighted by molar-refractivity contribution is 7.99. The van der Waals surface area contributed by atoms with Crippen LogP contribution in [0.5, 0.6) is 5.75 Å². The summed E-state index contributed by atoms with van der Waals surface area (Å²) in [7, 11) is 1.36. The molecule has 38 heavy (non-hydrogen) atoms. The Morgan fingerprint density at radius 1 is 1.05 bits per heavy atom. The van der Waals surface area contributed by atoms with Gasteiger partial charge in [-0.2, -0.15) is 0 Å². The third kappa shape index (κ3) is 4.83. The Bertz CT molecular complexity index is 1520. The Hall–Kier alpha value is -3.56. The zero-order valence-corrected chi connectivity index (χ0v) is 21.7. The van der Waals surface area contributed by atoms with Crippen molar-refractivity contribution in [3.05, 3.63) is 111 Å². The SMILES string of the molecule is COc1cccc(-c2c(C)c(Cc3c(F)cccc3F)c3n(c2=O)C(CNCc2ccncc2)CS3)c1F. The van der Waals surface area contributed by atoms with E-state index in [1.54, 1.807) is 30.0 Å². The van der Waals surface area contributed by atoms with E-state index in [2.05, 4.69) is 10.3 Å². The lowest BCUT2D eigenvalue weighted by atomic mass is 9.94. The van der Waals surface area contributed by atoms with Gasteiger partial charge in [-0.1, -0.05) is 18.2 Å². The largest absolute Gasteiger partial charge is 0.494 e. The predicted molar refractivity (Wildman–Crippen MR) is 142 cm³/mol. The fourth-order valence-electron chi connectivity index (χ4n) is 4.87. The normalized spacial score (nSPS) is 14.5. The van der Waals surface area contributed by atoms with E-state index in [9.17, 15) is 13.6 Å². The van der Waals surface area contributed by atoms with Crippen LogP contribution in [0.25, 0.3) is 11.1 Å². The van der Waals surface area contributed by atoms with E-state index in [0.717, 1.165) is 5.56 Å². The first kappa shape index (κ1) is 26.1. The molecular weight excluding hydrogens is 511 g/mol. The van der Waals surface area contributed by atoms with Crippen LogP contribution in [0.2, 0.25) is 0 Å². The lowest BCUT2D eigenvalue weighted by Gasteiger charge is -2.21. The quantitative estimate of drug-likeness (QED) is 0.314. The number of fused-ring (bicyclic) bond motifs is 1. The maximum atomic E-state index is 15.4. The molecule has 1 unspecified atom stereocenters. The summed E-state index contributed by atoms with van der Waals surface area (Å²) in [6.45, 7) is 2.78. The van der Waals surface area contributed by atoms with Gasteiger partial charge in [-0.05, 0) is 53.9 Å². The maximum Gasteiger partial charge on any atom is 0.260 e. The van der Waals surface area contributed by atoms with Gasteiger partial charge in [-0.3, -0.25) is 14.3 Å². The van der Waals surface area contributed by atoms with E-state index in [1.165, 1.54) is 49.2 Å². The Morgan fingerprint density at radius 3 is 2.47 bits per heavy atom. The number of rotatable bonds is 8. The molecule has 0 radical (unpaired) electrons. The number of pyridine rings is 2. The third-order valence-electron chi connectivity index (χ3n) is 6.84. The van der Waals surface area contributed by atoms with E-state index in [4.69, 9.17) is 4.74 Å². The lowest BCUT2D eigenvalue weighted by molar-refractivity contribution is 0.387. The Morgan fingerprint density at radius 2 is 1.76 bits per heavy atom. The number of halogens is 3. The smallest absolute Gasteiger partial charge is 0.260 e. The molecule has 5 rings (SSSR count). The molecule has 1 N–H and O–H groups in total. The molecule has 3 heterocycles. The summed E-state index contributed by atoms with van der Waals surface area (Å²) >= 11 is 1.47. The van der Waals surface area contributed by atoms with Gasteiger partial charge in [-0.15, -0.1) is 11.8 Å². The zero-order valence-electron chi connectivity index (χ0n) is 20.9. The van der Waals surface area contributed by atoms with Crippen molar-refractivity contribution in [2.24, 2.45) is 0 Å². The Balaban J connectivity index is 1.62. The number of benzene rings is 2. The molecule has 5 nitrogen and oxygen atoms in total. The van der Waals surface area contributed by atoms with Crippen molar-refractivity contribution in [1.29, 1.82) is 0 Å². The molecule has 1 atom stereocenters. The van der Waals surface area contributed by atoms with Crippen molar-refractivity contribution in [2.75, 3.05) is 19.4 Å². The Kier molecular flexibility index (Phi) is 7.58. The number of aromatic nitrogens is 2. The average molecular weight is 538 g/mol. The van der Waals surface area contributed by atoms with Crippen LogP contribution in [-0.2, 0) is 13.0 Å². The van der Waals surface area contributed by atoms with Crippen molar-refractivity contribution >= 4 is 11.8 Å². The summed E-state index contributed by atoms with van der Waals surface area (Å²) in [6.07, 6.45) is 3.37. The van der Waals surface area contributed by atoms with Crippen LogP contribution >= 0.6 is 11.8 Å². The van der Waals surface area contributed by atoms with Crippen molar-refractivity contribution in [3.8, 4) is 16.9 Å². The molecule has 0 aliphatic carbocycles. The minimum atomic E-state index is -0.665. The Labute approximate surface area is 222 Å². The molecule has 2 aromatic carbocycles. The number of methoxy groups -OCH3 is 1. The van der Waals surface area contributed by atoms with E-state index in [1.807, 2.05) is 12.1 Å². The molecule has 0 saturated carbocycles. The van der Waals surface area contributed by atoms with Gasteiger partial charge in [0.05, 0.1) is 23.7 Å². The summed E-state index contributed by atoms with van der Waals surface area (Å²) in [5.41, 5.74) is 1.98. The van der Waals surface area contributed by atoms with Crippen LogP contribution < -0.4 is 15.6 Å². The number of thioether (sulfide) groups is 1.